The minimum atomic E-state index is -0.147. The van der Waals surface area contributed by atoms with Crippen molar-refractivity contribution in [2.24, 2.45) is 0 Å². The van der Waals surface area contributed by atoms with Crippen molar-refractivity contribution in [2.45, 2.75) is 59.0 Å². The number of aryl methyl sites for hydroxylation is 1. The molecule has 0 aliphatic heterocycles. The van der Waals surface area contributed by atoms with Gasteiger partial charge >= 0.3 is 0 Å². The van der Waals surface area contributed by atoms with E-state index < -0.39 is 0 Å². The second-order valence-electron chi connectivity index (χ2n) is 7.42. The van der Waals surface area contributed by atoms with Gasteiger partial charge in [0.05, 0.1) is 24.4 Å². The summed E-state index contributed by atoms with van der Waals surface area (Å²) in [5.74, 6) is 0.499. The number of benzene rings is 1. The Kier molecular flexibility index (Phi) is 5.89. The highest BCUT2D eigenvalue weighted by molar-refractivity contribution is 5.80. The van der Waals surface area contributed by atoms with Crippen LogP contribution in [0.5, 0.6) is 0 Å². The minimum absolute atomic E-state index is 0.00312. The number of aromatic nitrogens is 3. The van der Waals surface area contributed by atoms with E-state index in [1.165, 1.54) is 5.56 Å². The zero-order valence-corrected chi connectivity index (χ0v) is 16.6. The Balaban J connectivity index is 1.64. The fraction of sp³-hybridized carbons (Fsp3) is 0.409. The van der Waals surface area contributed by atoms with Crippen molar-refractivity contribution in [2.75, 3.05) is 0 Å². The molecule has 142 valence electrons. The Bertz CT molecular complexity index is 912. The Morgan fingerprint density at radius 2 is 1.93 bits per heavy atom. The molecule has 27 heavy (non-hydrogen) atoms. The highest BCUT2D eigenvalue weighted by Gasteiger charge is 2.13. The number of carbonyl (C=O) groups is 1. The highest BCUT2D eigenvalue weighted by atomic mass is 16.1. The molecule has 0 saturated carbocycles. The molecule has 0 fully saturated rings. The third-order valence-electron chi connectivity index (χ3n) is 4.74. The van der Waals surface area contributed by atoms with Crippen LogP contribution in [0.15, 0.2) is 42.7 Å². The van der Waals surface area contributed by atoms with Crippen LogP contribution in [0.2, 0.25) is 0 Å². The van der Waals surface area contributed by atoms with Gasteiger partial charge in [-0.1, -0.05) is 45.0 Å². The number of nitrogens with zero attached hydrogens (tertiary/aromatic N) is 3. The average Bonchev–Trinajstić information content (AvgIpc) is 3.03. The van der Waals surface area contributed by atoms with Crippen LogP contribution in [0.25, 0.3) is 10.9 Å². The molecule has 0 radical (unpaired) electrons. The molecule has 2 heterocycles. The van der Waals surface area contributed by atoms with Gasteiger partial charge in [0.2, 0.25) is 5.91 Å². The predicted molar refractivity (Wildman–Crippen MR) is 109 cm³/mol. The molecule has 1 atom stereocenters. The van der Waals surface area contributed by atoms with Crippen LogP contribution in [0, 0.1) is 0 Å². The first-order valence-electron chi connectivity index (χ1n) is 9.67. The number of rotatable bonds is 7. The Morgan fingerprint density at radius 3 is 2.59 bits per heavy atom. The number of amides is 1. The molecule has 1 amide bonds. The summed E-state index contributed by atoms with van der Waals surface area (Å²) >= 11 is 0. The molecule has 0 aliphatic rings. The second-order valence-corrected chi connectivity index (χ2v) is 7.42. The molecular weight excluding hydrogens is 336 g/mol. The third kappa shape index (κ3) is 4.73. The fourth-order valence-corrected chi connectivity index (χ4v) is 3.15. The average molecular weight is 364 g/mol. The van der Waals surface area contributed by atoms with Gasteiger partial charge in [0.25, 0.3) is 0 Å². The lowest BCUT2D eigenvalue weighted by molar-refractivity contribution is -0.121. The Labute approximate surface area is 160 Å². The lowest BCUT2D eigenvalue weighted by Gasteiger charge is -2.14. The zero-order chi connectivity index (χ0) is 19.4. The van der Waals surface area contributed by atoms with Crippen LogP contribution in [-0.2, 0) is 17.8 Å². The fourth-order valence-electron chi connectivity index (χ4n) is 3.15. The maximum absolute atomic E-state index is 12.4. The quantitative estimate of drug-likeness (QED) is 0.676. The summed E-state index contributed by atoms with van der Waals surface area (Å²) in [6.07, 6.45) is 5.23. The van der Waals surface area contributed by atoms with Gasteiger partial charge < -0.3 is 5.32 Å². The largest absolute Gasteiger partial charge is 0.348 e. The standard InChI is InChI=1S/C22H28N4O/c1-5-10-26-14-19-12-20(23-13-21(19)25-26)16(4)24-22(27)11-17-6-8-18(9-7-17)15(2)3/h6-9,12-16H,5,10-11H2,1-4H3,(H,24,27)/t16-/m1/s1. The summed E-state index contributed by atoms with van der Waals surface area (Å²) in [7, 11) is 0. The van der Waals surface area contributed by atoms with Gasteiger partial charge in [-0.2, -0.15) is 5.10 Å². The summed E-state index contributed by atoms with van der Waals surface area (Å²) < 4.78 is 1.94. The van der Waals surface area contributed by atoms with Gasteiger partial charge in [-0.25, -0.2) is 0 Å². The normalized spacial score (nSPS) is 12.5. The molecule has 0 aliphatic carbocycles. The third-order valence-corrected chi connectivity index (χ3v) is 4.74. The molecule has 5 heteroatoms. The maximum Gasteiger partial charge on any atom is 0.224 e. The van der Waals surface area contributed by atoms with Crippen molar-refractivity contribution in [3.8, 4) is 0 Å². The molecule has 2 aromatic heterocycles. The van der Waals surface area contributed by atoms with E-state index in [1.807, 2.05) is 36.0 Å². The first kappa shape index (κ1) is 19.1. The minimum Gasteiger partial charge on any atom is -0.348 e. The Morgan fingerprint density at radius 1 is 1.19 bits per heavy atom. The first-order valence-corrected chi connectivity index (χ1v) is 9.67. The van der Waals surface area contributed by atoms with Crippen LogP contribution < -0.4 is 5.32 Å². The van der Waals surface area contributed by atoms with Gasteiger partial charge in [-0.3, -0.25) is 14.5 Å². The van der Waals surface area contributed by atoms with Crippen LogP contribution in [0.3, 0.4) is 0 Å². The summed E-state index contributed by atoms with van der Waals surface area (Å²) in [6, 6.07) is 10.1. The van der Waals surface area contributed by atoms with Gasteiger partial charge in [0, 0.05) is 18.1 Å². The summed E-state index contributed by atoms with van der Waals surface area (Å²) in [5, 5.41) is 8.61. The maximum atomic E-state index is 12.4. The van der Waals surface area contributed by atoms with Crippen molar-refractivity contribution in [3.05, 3.63) is 59.5 Å². The van der Waals surface area contributed by atoms with E-state index in [1.54, 1.807) is 6.20 Å². The van der Waals surface area contributed by atoms with E-state index >= 15 is 0 Å². The first-order chi connectivity index (χ1) is 13.0. The lowest BCUT2D eigenvalue weighted by Crippen LogP contribution is -2.28. The molecule has 0 spiro atoms. The van der Waals surface area contributed by atoms with Crippen molar-refractivity contribution >= 4 is 16.8 Å². The number of pyridine rings is 1. The van der Waals surface area contributed by atoms with Crippen molar-refractivity contribution in [3.63, 3.8) is 0 Å². The molecule has 3 rings (SSSR count). The van der Waals surface area contributed by atoms with Crippen LogP contribution in [0.4, 0.5) is 0 Å². The molecular formula is C22H28N4O. The molecule has 3 aromatic rings. The van der Waals surface area contributed by atoms with E-state index in [0.717, 1.165) is 35.1 Å². The second kappa shape index (κ2) is 8.33. The molecule has 1 N–H and O–H groups in total. The van der Waals surface area contributed by atoms with E-state index in [4.69, 9.17) is 0 Å². The van der Waals surface area contributed by atoms with Gasteiger partial charge in [-0.15, -0.1) is 0 Å². The molecule has 5 nitrogen and oxygen atoms in total. The van der Waals surface area contributed by atoms with Crippen molar-refractivity contribution in [1.29, 1.82) is 0 Å². The lowest BCUT2D eigenvalue weighted by atomic mass is 10.0. The highest BCUT2D eigenvalue weighted by Crippen LogP contribution is 2.18. The molecule has 1 aromatic carbocycles. The topological polar surface area (TPSA) is 59.8 Å². The number of nitrogens with one attached hydrogen (secondary N) is 1. The van der Waals surface area contributed by atoms with Crippen molar-refractivity contribution in [1.82, 2.24) is 20.1 Å². The van der Waals surface area contributed by atoms with E-state index in [9.17, 15) is 4.79 Å². The number of carbonyl (C=O) groups excluding carboxylic acids is 1. The van der Waals surface area contributed by atoms with Gasteiger partial charge in [0.1, 0.15) is 5.52 Å². The molecule has 0 bridgehead atoms. The summed E-state index contributed by atoms with van der Waals surface area (Å²) in [6.45, 7) is 9.32. The van der Waals surface area contributed by atoms with Crippen LogP contribution >= 0.6 is 0 Å². The van der Waals surface area contributed by atoms with Crippen molar-refractivity contribution < 1.29 is 4.79 Å². The summed E-state index contributed by atoms with van der Waals surface area (Å²) in [5.41, 5.74) is 4.04. The SMILES string of the molecule is CCCn1cc2cc([C@@H](C)NC(=O)Cc3ccc(C(C)C)cc3)ncc2n1. The summed E-state index contributed by atoms with van der Waals surface area (Å²) in [4.78, 5) is 16.9. The van der Waals surface area contributed by atoms with E-state index in [0.29, 0.717) is 12.3 Å². The molecule has 0 unspecified atom stereocenters. The van der Waals surface area contributed by atoms with Crippen LogP contribution in [-0.4, -0.2) is 20.7 Å². The van der Waals surface area contributed by atoms with E-state index in [-0.39, 0.29) is 11.9 Å². The van der Waals surface area contributed by atoms with Gasteiger partial charge in [-0.05, 0) is 36.5 Å². The smallest absolute Gasteiger partial charge is 0.224 e. The Hall–Kier alpha value is -2.69. The number of fused-ring (bicyclic) bond motifs is 1. The number of hydrogen-bond donors (Lipinski definition) is 1. The molecule has 0 saturated heterocycles. The van der Waals surface area contributed by atoms with E-state index in [2.05, 4.69) is 48.3 Å². The van der Waals surface area contributed by atoms with Gasteiger partial charge in [0.15, 0.2) is 0 Å². The van der Waals surface area contributed by atoms with Crippen LogP contribution in [0.1, 0.15) is 62.9 Å². The predicted octanol–water partition coefficient (Wildman–Crippen LogP) is 4.38. The zero-order valence-electron chi connectivity index (χ0n) is 16.6. The monoisotopic (exact) mass is 364 g/mol. The number of hydrogen-bond acceptors (Lipinski definition) is 3.